The molecule has 7 heteroatoms. The fourth-order valence-corrected chi connectivity index (χ4v) is 2.90. The molecule has 1 atom stereocenters. The lowest BCUT2D eigenvalue weighted by atomic mass is 10.0. The molecule has 7 nitrogen and oxygen atoms in total. The van der Waals surface area contributed by atoms with Crippen LogP contribution in [0.15, 0.2) is 24.3 Å². The second kappa shape index (κ2) is 5.98. The van der Waals surface area contributed by atoms with Gasteiger partial charge in [0.25, 0.3) is 17.7 Å². The largest absolute Gasteiger partial charge is 0.443 e. The quantitative estimate of drug-likeness (QED) is 0.729. The number of likely N-dealkylation sites (tertiary alicyclic amines) is 1. The van der Waals surface area contributed by atoms with Crippen molar-refractivity contribution in [2.24, 2.45) is 0 Å². The summed E-state index contributed by atoms with van der Waals surface area (Å²) in [4.78, 5) is 52.0. The highest BCUT2D eigenvalue weighted by Crippen LogP contribution is 2.29. The molecule has 2 aliphatic heterocycles. The number of fused-ring (bicyclic) bond motifs is 1. The van der Waals surface area contributed by atoms with Crippen molar-refractivity contribution >= 4 is 23.8 Å². The molecule has 1 fully saturated rings. The maximum absolute atomic E-state index is 12.9. The van der Waals surface area contributed by atoms with Gasteiger partial charge in [-0.25, -0.2) is 9.69 Å². The van der Waals surface area contributed by atoms with Gasteiger partial charge in [0.2, 0.25) is 0 Å². The van der Waals surface area contributed by atoms with E-state index in [-0.39, 0.29) is 24.1 Å². The highest BCUT2D eigenvalue weighted by atomic mass is 16.6. The van der Waals surface area contributed by atoms with Gasteiger partial charge in [-0.3, -0.25) is 19.3 Å². The van der Waals surface area contributed by atoms with Gasteiger partial charge in [0.15, 0.2) is 0 Å². The fourth-order valence-electron chi connectivity index (χ4n) is 2.90. The van der Waals surface area contributed by atoms with E-state index in [1.54, 1.807) is 32.9 Å². The number of nitrogens with zero attached hydrogens (tertiary/aromatic N) is 2. The van der Waals surface area contributed by atoms with Gasteiger partial charge in [-0.05, 0) is 45.7 Å². The minimum Gasteiger partial charge on any atom is -0.443 e. The SMILES string of the molecule is [2H]C1(N2C(=O)c3ccccc3C2=O)CCCN(C(=O)OC(C)(C)C)C1=O. The van der Waals surface area contributed by atoms with Crippen LogP contribution < -0.4 is 0 Å². The molecule has 0 N–H and O–H groups in total. The number of imide groups is 2. The zero-order valence-electron chi connectivity index (χ0n) is 15.4. The molecule has 0 bridgehead atoms. The third-order valence-corrected chi connectivity index (χ3v) is 3.97. The number of carbonyl (C=O) groups excluding carboxylic acids is 4. The Morgan fingerprint density at radius 3 is 2.24 bits per heavy atom. The maximum Gasteiger partial charge on any atom is 0.417 e. The fraction of sp³-hybridized carbons (Fsp3) is 0.444. The van der Waals surface area contributed by atoms with Gasteiger partial charge in [-0.2, -0.15) is 0 Å². The number of ether oxygens (including phenoxy) is 1. The molecule has 1 saturated heterocycles. The summed E-state index contributed by atoms with van der Waals surface area (Å²) in [5.74, 6) is -2.31. The van der Waals surface area contributed by atoms with E-state index in [2.05, 4.69) is 0 Å². The van der Waals surface area contributed by atoms with E-state index in [1.807, 2.05) is 0 Å². The van der Waals surface area contributed by atoms with Crippen LogP contribution in [0.2, 0.25) is 0 Å². The average Bonchev–Trinajstić information content (AvgIpc) is 2.81. The summed E-state index contributed by atoms with van der Waals surface area (Å²) in [7, 11) is 0. The summed E-state index contributed by atoms with van der Waals surface area (Å²) in [6, 6.07) is 4.03. The lowest BCUT2D eigenvalue weighted by Crippen LogP contribution is -2.56. The van der Waals surface area contributed by atoms with Crippen molar-refractivity contribution in [2.75, 3.05) is 6.54 Å². The molecule has 4 amide bonds. The van der Waals surface area contributed by atoms with Gasteiger partial charge in [0.1, 0.15) is 11.6 Å². The molecule has 0 radical (unpaired) electrons. The Bertz CT molecular complexity index is 781. The minimum atomic E-state index is -2.16. The molecular weight excluding hydrogens is 324 g/mol. The van der Waals surface area contributed by atoms with Gasteiger partial charge < -0.3 is 4.74 Å². The monoisotopic (exact) mass is 345 g/mol. The topological polar surface area (TPSA) is 84.0 Å². The van der Waals surface area contributed by atoms with E-state index in [4.69, 9.17) is 6.11 Å². The van der Waals surface area contributed by atoms with Gasteiger partial charge >= 0.3 is 6.09 Å². The first-order valence-corrected chi connectivity index (χ1v) is 8.09. The van der Waals surface area contributed by atoms with E-state index in [9.17, 15) is 19.2 Å². The molecule has 2 heterocycles. The Morgan fingerprint density at radius 1 is 1.16 bits per heavy atom. The van der Waals surface area contributed by atoms with E-state index in [1.165, 1.54) is 12.1 Å². The molecule has 0 saturated carbocycles. The first-order chi connectivity index (χ1) is 12.1. The molecule has 0 aromatic heterocycles. The first-order valence-electron chi connectivity index (χ1n) is 8.59. The summed E-state index contributed by atoms with van der Waals surface area (Å²) < 4.78 is 13.8. The van der Waals surface area contributed by atoms with E-state index in [0.29, 0.717) is 11.3 Å². The zero-order valence-corrected chi connectivity index (χ0v) is 14.4. The van der Waals surface area contributed by atoms with Crippen LogP contribution in [0.4, 0.5) is 4.79 Å². The third kappa shape index (κ3) is 3.01. The molecule has 1 aromatic carbocycles. The first kappa shape index (κ1) is 15.8. The molecule has 2 aliphatic rings. The number of piperidine rings is 1. The normalized spacial score (nSPS) is 24.3. The lowest BCUT2D eigenvalue weighted by molar-refractivity contribution is -0.137. The van der Waals surface area contributed by atoms with Crippen molar-refractivity contribution in [3.63, 3.8) is 0 Å². The summed E-state index contributed by atoms with van der Waals surface area (Å²) in [5.41, 5.74) is -0.493. The van der Waals surface area contributed by atoms with Crippen LogP contribution in [0, 0.1) is 0 Å². The van der Waals surface area contributed by atoms with Crippen LogP contribution in [0.5, 0.6) is 0 Å². The standard InChI is InChI=1S/C18H20N2O5/c1-18(2,3)25-17(24)19-10-6-9-13(16(19)23)20-14(21)11-7-4-5-8-12(11)15(20)22/h4-5,7-8,13H,6,9-10H2,1-3H3/i13D. The highest BCUT2D eigenvalue weighted by molar-refractivity contribution is 6.23. The zero-order chi connectivity index (χ0) is 19.3. The van der Waals surface area contributed by atoms with Crippen LogP contribution in [0.25, 0.3) is 0 Å². The van der Waals surface area contributed by atoms with Crippen molar-refractivity contribution in [3.8, 4) is 0 Å². The summed E-state index contributed by atoms with van der Waals surface area (Å²) >= 11 is 0. The van der Waals surface area contributed by atoms with E-state index in [0.717, 1.165) is 4.90 Å². The molecular formula is C18H20N2O5. The molecule has 0 aliphatic carbocycles. The highest BCUT2D eigenvalue weighted by Gasteiger charge is 2.46. The van der Waals surface area contributed by atoms with Gasteiger partial charge in [-0.15, -0.1) is 0 Å². The number of benzene rings is 1. The van der Waals surface area contributed by atoms with Crippen LogP contribution >= 0.6 is 0 Å². The Labute approximate surface area is 146 Å². The summed E-state index contributed by atoms with van der Waals surface area (Å²) in [6.45, 7) is 5.07. The van der Waals surface area contributed by atoms with Crippen LogP contribution in [-0.4, -0.2) is 51.8 Å². The Morgan fingerprint density at radius 2 is 1.72 bits per heavy atom. The van der Waals surface area contributed by atoms with Gasteiger partial charge in [0, 0.05) is 6.54 Å². The number of rotatable bonds is 1. The molecule has 0 spiro atoms. The Kier molecular flexibility index (Phi) is 3.78. The number of hydrogen-bond donors (Lipinski definition) is 0. The van der Waals surface area contributed by atoms with Crippen molar-refractivity contribution in [2.45, 2.75) is 45.2 Å². The number of carbonyl (C=O) groups is 4. The minimum absolute atomic E-state index is 0.0312. The Hall–Kier alpha value is -2.70. The predicted molar refractivity (Wildman–Crippen MR) is 87.9 cm³/mol. The van der Waals surface area contributed by atoms with Crippen molar-refractivity contribution in [1.29, 1.82) is 0 Å². The molecule has 132 valence electrons. The number of hydrogen-bond acceptors (Lipinski definition) is 5. The van der Waals surface area contributed by atoms with Crippen molar-refractivity contribution in [1.82, 2.24) is 9.80 Å². The maximum atomic E-state index is 12.9. The smallest absolute Gasteiger partial charge is 0.417 e. The molecule has 1 unspecified atom stereocenters. The second-order valence-electron chi connectivity index (χ2n) is 6.98. The second-order valence-corrected chi connectivity index (χ2v) is 6.98. The van der Waals surface area contributed by atoms with Crippen molar-refractivity contribution in [3.05, 3.63) is 35.4 Å². The predicted octanol–water partition coefficient (Wildman–Crippen LogP) is 2.21. The summed E-state index contributed by atoms with van der Waals surface area (Å²) in [5, 5.41) is 0. The van der Waals surface area contributed by atoms with Crippen LogP contribution in [-0.2, 0) is 9.53 Å². The van der Waals surface area contributed by atoms with Gasteiger partial charge in [0.05, 0.1) is 12.5 Å². The van der Waals surface area contributed by atoms with Crippen LogP contribution in [0.3, 0.4) is 0 Å². The van der Waals surface area contributed by atoms with Crippen LogP contribution in [0.1, 0.15) is 55.7 Å². The number of amides is 4. The third-order valence-electron chi connectivity index (χ3n) is 3.97. The lowest BCUT2D eigenvalue weighted by Gasteiger charge is -2.35. The van der Waals surface area contributed by atoms with Crippen molar-refractivity contribution < 1.29 is 25.3 Å². The molecule has 1 aromatic rings. The van der Waals surface area contributed by atoms with E-state index < -0.39 is 35.4 Å². The van der Waals surface area contributed by atoms with Gasteiger partial charge in [-0.1, -0.05) is 12.1 Å². The average molecular weight is 345 g/mol. The molecule has 25 heavy (non-hydrogen) atoms. The summed E-state index contributed by atoms with van der Waals surface area (Å²) in [6.07, 6.45) is -0.617. The Balaban J connectivity index is 1.93. The molecule has 3 rings (SSSR count). The van der Waals surface area contributed by atoms with E-state index >= 15 is 0 Å².